The quantitative estimate of drug-likeness (QED) is 0.849. The summed E-state index contributed by atoms with van der Waals surface area (Å²) in [6.07, 6.45) is 0. The molecule has 0 spiro atoms. The largest absolute Gasteiger partial charge is 0.507 e. The molecule has 5 nitrogen and oxygen atoms in total. The predicted molar refractivity (Wildman–Crippen MR) is 75.7 cm³/mol. The molecule has 2 rings (SSSR count). The molecule has 0 amide bonds. The van der Waals surface area contributed by atoms with E-state index >= 15 is 0 Å². The highest BCUT2D eigenvalue weighted by molar-refractivity contribution is 7.17. The van der Waals surface area contributed by atoms with E-state index in [2.05, 4.69) is 4.98 Å². The van der Waals surface area contributed by atoms with E-state index in [-0.39, 0.29) is 22.1 Å². The molecule has 0 atom stereocenters. The molecule has 0 aliphatic rings. The third-order valence-corrected chi connectivity index (χ3v) is 4.09. The lowest BCUT2D eigenvalue weighted by molar-refractivity contribution is 0.0687. The van der Waals surface area contributed by atoms with Gasteiger partial charge < -0.3 is 10.2 Å². The molecular formula is C14H13NO4S. The van der Waals surface area contributed by atoms with Crippen molar-refractivity contribution in [2.75, 3.05) is 0 Å². The van der Waals surface area contributed by atoms with E-state index in [1.165, 1.54) is 6.92 Å². The van der Waals surface area contributed by atoms with E-state index in [0.29, 0.717) is 21.7 Å². The third kappa shape index (κ3) is 2.42. The van der Waals surface area contributed by atoms with E-state index in [9.17, 15) is 14.7 Å². The summed E-state index contributed by atoms with van der Waals surface area (Å²) in [4.78, 5) is 26.7. The Bertz CT molecular complexity index is 663. The molecule has 1 aromatic heterocycles. The zero-order valence-corrected chi connectivity index (χ0v) is 12.0. The number of phenolic OH excluding ortho intramolecular Hbond substituents is 1. The predicted octanol–water partition coefficient (Wildman–Crippen LogP) is 3.03. The number of hydrogen-bond donors (Lipinski definition) is 2. The lowest BCUT2D eigenvalue weighted by Crippen LogP contribution is -2.03. The van der Waals surface area contributed by atoms with Crippen LogP contribution in [0.5, 0.6) is 5.75 Å². The molecule has 0 saturated heterocycles. The number of carboxylic acids is 1. The number of aromatic hydroxyl groups is 1. The molecule has 0 fully saturated rings. The molecule has 1 heterocycles. The second-order valence-corrected chi connectivity index (χ2v) is 5.52. The van der Waals surface area contributed by atoms with Gasteiger partial charge in [0.1, 0.15) is 15.6 Å². The summed E-state index contributed by atoms with van der Waals surface area (Å²) < 4.78 is 0. The van der Waals surface area contributed by atoms with Crippen LogP contribution in [0, 0.1) is 13.8 Å². The molecule has 2 N–H and O–H groups in total. The summed E-state index contributed by atoms with van der Waals surface area (Å²) in [5, 5.41) is 19.3. The number of Topliss-reactive ketones (excluding diaryl/α,β-unsaturated/α-hetero) is 1. The summed E-state index contributed by atoms with van der Waals surface area (Å²) in [5.41, 5.74) is 1.83. The number of aryl methyl sites for hydroxylation is 2. The van der Waals surface area contributed by atoms with E-state index in [4.69, 9.17) is 5.11 Å². The van der Waals surface area contributed by atoms with Crippen LogP contribution in [-0.4, -0.2) is 26.9 Å². The van der Waals surface area contributed by atoms with Gasteiger partial charge in [0.25, 0.3) is 0 Å². The monoisotopic (exact) mass is 291 g/mol. The molecule has 0 aliphatic carbocycles. The zero-order valence-electron chi connectivity index (χ0n) is 11.2. The summed E-state index contributed by atoms with van der Waals surface area (Å²) in [7, 11) is 0. The fraction of sp³-hybridized carbons (Fsp3) is 0.214. The van der Waals surface area contributed by atoms with Gasteiger partial charge in [0.2, 0.25) is 0 Å². The van der Waals surface area contributed by atoms with Gasteiger partial charge in [-0.05, 0) is 37.1 Å². The summed E-state index contributed by atoms with van der Waals surface area (Å²) in [6.45, 7) is 4.82. The first-order valence-electron chi connectivity index (χ1n) is 5.87. The van der Waals surface area contributed by atoms with Crippen molar-refractivity contribution in [3.63, 3.8) is 0 Å². The number of ketones is 1. The van der Waals surface area contributed by atoms with E-state index in [0.717, 1.165) is 11.3 Å². The van der Waals surface area contributed by atoms with Crippen LogP contribution in [-0.2, 0) is 0 Å². The molecule has 20 heavy (non-hydrogen) atoms. The average molecular weight is 291 g/mol. The second kappa shape index (κ2) is 5.05. The van der Waals surface area contributed by atoms with Crippen LogP contribution in [0.15, 0.2) is 12.1 Å². The Morgan fingerprint density at radius 1 is 1.20 bits per heavy atom. The van der Waals surface area contributed by atoms with Gasteiger partial charge in [-0.3, -0.25) is 4.79 Å². The molecule has 0 unspecified atom stereocenters. The van der Waals surface area contributed by atoms with Gasteiger partial charge in [-0.25, -0.2) is 9.78 Å². The number of benzene rings is 1. The highest BCUT2D eigenvalue weighted by Gasteiger charge is 2.21. The number of carbonyl (C=O) groups is 2. The number of rotatable bonds is 3. The summed E-state index contributed by atoms with van der Waals surface area (Å²) in [5.74, 6) is -1.33. The SMILES string of the molecule is CC(=O)c1sc(-c2cc(C)c(O)c(C)c2)nc1C(=O)O. The maximum absolute atomic E-state index is 11.5. The van der Waals surface area contributed by atoms with Crippen molar-refractivity contribution >= 4 is 23.1 Å². The summed E-state index contributed by atoms with van der Waals surface area (Å²) >= 11 is 1.05. The number of phenols is 1. The Morgan fingerprint density at radius 2 is 1.75 bits per heavy atom. The number of aromatic carboxylic acids is 1. The Morgan fingerprint density at radius 3 is 2.15 bits per heavy atom. The fourth-order valence-electron chi connectivity index (χ4n) is 1.91. The molecule has 1 aromatic carbocycles. The molecule has 104 valence electrons. The van der Waals surface area contributed by atoms with Crippen LogP contribution in [0.1, 0.15) is 38.2 Å². The number of thiazole rings is 1. The lowest BCUT2D eigenvalue weighted by Gasteiger charge is -2.05. The highest BCUT2D eigenvalue weighted by Crippen LogP contribution is 2.33. The van der Waals surface area contributed by atoms with Crippen LogP contribution in [0.4, 0.5) is 0 Å². The maximum atomic E-state index is 11.5. The van der Waals surface area contributed by atoms with Crippen LogP contribution in [0.3, 0.4) is 0 Å². The molecule has 2 aromatic rings. The van der Waals surface area contributed by atoms with Crippen molar-refractivity contribution in [1.82, 2.24) is 4.98 Å². The Kier molecular flexibility index (Phi) is 3.59. The van der Waals surface area contributed by atoms with Gasteiger partial charge >= 0.3 is 5.97 Å². The molecule has 6 heteroatoms. The van der Waals surface area contributed by atoms with Gasteiger partial charge in [0, 0.05) is 12.5 Å². The second-order valence-electron chi connectivity index (χ2n) is 4.52. The van der Waals surface area contributed by atoms with Gasteiger partial charge in [-0.2, -0.15) is 0 Å². The molecular weight excluding hydrogens is 278 g/mol. The smallest absolute Gasteiger partial charge is 0.356 e. The number of aromatic nitrogens is 1. The molecule has 0 bridgehead atoms. The minimum atomic E-state index is -1.22. The first-order chi connectivity index (χ1) is 9.31. The van der Waals surface area contributed by atoms with Crippen LogP contribution >= 0.6 is 11.3 Å². The Balaban J connectivity index is 2.62. The summed E-state index contributed by atoms with van der Waals surface area (Å²) in [6, 6.07) is 3.44. The molecule has 0 aliphatic heterocycles. The zero-order chi connectivity index (χ0) is 15.0. The van der Waals surface area contributed by atoms with Crippen molar-refractivity contribution in [1.29, 1.82) is 0 Å². The number of carboxylic acid groups (broad SMARTS) is 1. The van der Waals surface area contributed by atoms with E-state index in [1.807, 2.05) is 0 Å². The van der Waals surface area contributed by atoms with Gasteiger partial charge in [-0.15, -0.1) is 11.3 Å². The minimum Gasteiger partial charge on any atom is -0.507 e. The number of nitrogens with zero attached hydrogens (tertiary/aromatic N) is 1. The van der Waals surface area contributed by atoms with Crippen molar-refractivity contribution in [2.24, 2.45) is 0 Å². The van der Waals surface area contributed by atoms with Crippen molar-refractivity contribution in [2.45, 2.75) is 20.8 Å². The Labute approximate surface area is 119 Å². The average Bonchev–Trinajstić information content (AvgIpc) is 2.80. The fourth-order valence-corrected chi connectivity index (χ4v) is 2.85. The van der Waals surface area contributed by atoms with Gasteiger partial charge in [0.05, 0.1) is 0 Å². The van der Waals surface area contributed by atoms with Gasteiger partial charge in [-0.1, -0.05) is 0 Å². The van der Waals surface area contributed by atoms with Crippen LogP contribution in [0.25, 0.3) is 10.6 Å². The van der Waals surface area contributed by atoms with Crippen molar-refractivity contribution in [3.8, 4) is 16.3 Å². The standard InChI is InChI=1S/C14H13NO4S/c1-6-4-9(5-7(2)11(6)17)13-15-10(14(18)19)12(20-13)8(3)16/h4-5,17H,1-3H3,(H,18,19). The normalized spacial score (nSPS) is 10.6. The Hall–Kier alpha value is -2.21. The minimum absolute atomic E-state index is 0.135. The molecule has 0 saturated carbocycles. The van der Waals surface area contributed by atoms with E-state index < -0.39 is 5.97 Å². The maximum Gasteiger partial charge on any atom is 0.356 e. The van der Waals surface area contributed by atoms with Crippen molar-refractivity contribution in [3.05, 3.63) is 33.8 Å². The van der Waals surface area contributed by atoms with Crippen LogP contribution < -0.4 is 0 Å². The number of hydrogen-bond acceptors (Lipinski definition) is 5. The highest BCUT2D eigenvalue weighted by atomic mass is 32.1. The topological polar surface area (TPSA) is 87.5 Å². The number of carbonyl (C=O) groups excluding carboxylic acids is 1. The first kappa shape index (κ1) is 14.2. The van der Waals surface area contributed by atoms with E-state index in [1.54, 1.807) is 26.0 Å². The van der Waals surface area contributed by atoms with Crippen molar-refractivity contribution < 1.29 is 19.8 Å². The molecule has 0 radical (unpaired) electrons. The first-order valence-corrected chi connectivity index (χ1v) is 6.68. The van der Waals surface area contributed by atoms with Crippen LogP contribution in [0.2, 0.25) is 0 Å². The van der Waals surface area contributed by atoms with Gasteiger partial charge in [0.15, 0.2) is 11.5 Å². The lowest BCUT2D eigenvalue weighted by atomic mass is 10.1. The third-order valence-electron chi connectivity index (χ3n) is 2.89.